The lowest BCUT2D eigenvalue weighted by Gasteiger charge is -2.31. The van der Waals surface area contributed by atoms with Crippen LogP contribution in [0.4, 0.5) is 4.39 Å². The van der Waals surface area contributed by atoms with E-state index >= 15 is 0 Å². The molecule has 0 radical (unpaired) electrons. The van der Waals surface area contributed by atoms with Crippen LogP contribution in [0.3, 0.4) is 0 Å². The van der Waals surface area contributed by atoms with Crippen molar-refractivity contribution in [2.75, 3.05) is 19.8 Å². The number of hydrogen-bond acceptors (Lipinski definition) is 6. The third-order valence-corrected chi connectivity index (χ3v) is 7.04. The summed E-state index contributed by atoms with van der Waals surface area (Å²) >= 11 is 0. The highest BCUT2D eigenvalue weighted by atomic mass is 32.2. The molecule has 0 spiro atoms. The molecular formula is C19H23FN2O5S. The molecule has 2 aliphatic rings. The van der Waals surface area contributed by atoms with E-state index in [4.69, 9.17) is 14.0 Å². The van der Waals surface area contributed by atoms with Crippen molar-refractivity contribution in [1.82, 2.24) is 9.88 Å². The maximum absolute atomic E-state index is 14.5. The summed E-state index contributed by atoms with van der Waals surface area (Å²) in [4.78, 5) is 0. The number of aromatic nitrogens is 1. The number of rotatable bonds is 7. The number of benzene rings is 1. The molecule has 1 aliphatic heterocycles. The SMILES string of the molecule is Cc1cc(-c2ccc(OCC3COCCC3NS(=O)(=O)C3CC3)c(F)c2)no1. The van der Waals surface area contributed by atoms with E-state index in [2.05, 4.69) is 9.88 Å². The third kappa shape index (κ3) is 4.37. The van der Waals surface area contributed by atoms with Gasteiger partial charge in [0.05, 0.1) is 18.5 Å². The van der Waals surface area contributed by atoms with Gasteiger partial charge in [-0.1, -0.05) is 5.16 Å². The monoisotopic (exact) mass is 410 g/mol. The molecule has 28 heavy (non-hydrogen) atoms. The van der Waals surface area contributed by atoms with Crippen molar-refractivity contribution in [1.29, 1.82) is 0 Å². The minimum absolute atomic E-state index is 0.110. The van der Waals surface area contributed by atoms with E-state index in [1.165, 1.54) is 6.07 Å². The fraction of sp³-hybridized carbons (Fsp3) is 0.526. The Morgan fingerprint density at radius 3 is 2.79 bits per heavy atom. The summed E-state index contributed by atoms with van der Waals surface area (Å²) in [6.45, 7) is 2.80. The molecule has 1 saturated carbocycles. The predicted octanol–water partition coefficient (Wildman–Crippen LogP) is 2.65. The molecule has 4 rings (SSSR count). The number of nitrogens with one attached hydrogen (secondary N) is 1. The fourth-order valence-electron chi connectivity index (χ4n) is 3.28. The molecular weight excluding hydrogens is 387 g/mol. The molecule has 1 saturated heterocycles. The zero-order valence-electron chi connectivity index (χ0n) is 15.6. The third-order valence-electron chi connectivity index (χ3n) is 5.06. The van der Waals surface area contributed by atoms with Crippen molar-refractivity contribution in [3.8, 4) is 17.0 Å². The molecule has 9 heteroatoms. The molecule has 7 nitrogen and oxygen atoms in total. The Bertz CT molecular complexity index is 942. The second kappa shape index (κ2) is 7.81. The van der Waals surface area contributed by atoms with Gasteiger partial charge in [-0.2, -0.15) is 0 Å². The Morgan fingerprint density at radius 1 is 1.29 bits per heavy atom. The molecule has 2 atom stereocenters. The number of aryl methyl sites for hydroxylation is 1. The van der Waals surface area contributed by atoms with Crippen LogP contribution in [0.25, 0.3) is 11.3 Å². The van der Waals surface area contributed by atoms with Gasteiger partial charge in [0, 0.05) is 30.2 Å². The van der Waals surface area contributed by atoms with Crippen molar-refractivity contribution in [3.05, 3.63) is 35.8 Å². The van der Waals surface area contributed by atoms with Gasteiger partial charge in [0.15, 0.2) is 11.6 Å². The van der Waals surface area contributed by atoms with Crippen LogP contribution in [0, 0.1) is 18.7 Å². The van der Waals surface area contributed by atoms with Gasteiger partial charge in [0.1, 0.15) is 11.5 Å². The van der Waals surface area contributed by atoms with Crippen LogP contribution in [0.15, 0.2) is 28.8 Å². The molecule has 1 aromatic carbocycles. The Balaban J connectivity index is 1.41. The van der Waals surface area contributed by atoms with E-state index in [9.17, 15) is 12.8 Å². The Kier molecular flexibility index (Phi) is 5.39. The van der Waals surface area contributed by atoms with Crippen molar-refractivity contribution in [2.45, 2.75) is 37.5 Å². The highest BCUT2D eigenvalue weighted by Gasteiger charge is 2.39. The average Bonchev–Trinajstić information content (AvgIpc) is 3.44. The standard InChI is InChI=1S/C19H23FN2O5S/c1-12-8-18(21-27-12)13-2-5-19(16(20)9-13)26-11-14-10-25-7-6-17(14)22-28(23,24)15-3-4-15/h2,5,8-9,14-15,17,22H,3-4,6-7,10-11H2,1H3. The molecule has 2 aromatic rings. The Hall–Kier alpha value is -1.97. The Labute approximate surface area is 163 Å². The smallest absolute Gasteiger partial charge is 0.214 e. The first-order valence-electron chi connectivity index (χ1n) is 9.37. The summed E-state index contributed by atoms with van der Waals surface area (Å²) in [5.41, 5.74) is 1.15. The topological polar surface area (TPSA) is 90.7 Å². The maximum Gasteiger partial charge on any atom is 0.214 e. The number of hydrogen-bond donors (Lipinski definition) is 1. The molecule has 0 amide bonds. The molecule has 0 bridgehead atoms. The van der Waals surface area contributed by atoms with Gasteiger partial charge < -0.3 is 14.0 Å². The van der Waals surface area contributed by atoms with E-state index in [1.54, 1.807) is 25.1 Å². The van der Waals surface area contributed by atoms with Crippen molar-refractivity contribution in [2.24, 2.45) is 5.92 Å². The van der Waals surface area contributed by atoms with Crippen molar-refractivity contribution >= 4 is 10.0 Å². The van der Waals surface area contributed by atoms with E-state index < -0.39 is 15.8 Å². The van der Waals surface area contributed by atoms with E-state index in [-0.39, 0.29) is 29.6 Å². The minimum Gasteiger partial charge on any atom is -0.490 e. The molecule has 1 aromatic heterocycles. The second-order valence-electron chi connectivity index (χ2n) is 7.37. The summed E-state index contributed by atoms with van der Waals surface area (Å²) in [6.07, 6.45) is 2.00. The van der Waals surface area contributed by atoms with Crippen LogP contribution in [0.5, 0.6) is 5.75 Å². The number of sulfonamides is 1. The zero-order chi connectivity index (χ0) is 19.7. The van der Waals surface area contributed by atoms with E-state index in [0.717, 1.165) is 0 Å². The molecule has 1 N–H and O–H groups in total. The molecule has 2 heterocycles. The lowest BCUT2D eigenvalue weighted by atomic mass is 9.98. The number of ether oxygens (including phenoxy) is 2. The Morgan fingerprint density at radius 2 is 2.11 bits per heavy atom. The van der Waals surface area contributed by atoms with Crippen LogP contribution < -0.4 is 9.46 Å². The van der Waals surface area contributed by atoms with Gasteiger partial charge in [-0.05, 0) is 44.4 Å². The molecule has 1 aliphatic carbocycles. The lowest BCUT2D eigenvalue weighted by Crippen LogP contribution is -2.48. The second-order valence-corrected chi connectivity index (χ2v) is 9.36. The van der Waals surface area contributed by atoms with Crippen LogP contribution in [0.2, 0.25) is 0 Å². The normalized spacial score (nSPS) is 22.9. The largest absolute Gasteiger partial charge is 0.490 e. The van der Waals surface area contributed by atoms with Gasteiger partial charge in [0.2, 0.25) is 10.0 Å². The molecule has 2 unspecified atom stereocenters. The molecule has 2 fully saturated rings. The van der Waals surface area contributed by atoms with Gasteiger partial charge in [-0.25, -0.2) is 17.5 Å². The summed E-state index contributed by atoms with van der Waals surface area (Å²) in [6, 6.07) is 6.06. The summed E-state index contributed by atoms with van der Waals surface area (Å²) in [5, 5.41) is 3.60. The van der Waals surface area contributed by atoms with E-state index in [1.807, 2.05) is 0 Å². The summed E-state index contributed by atoms with van der Waals surface area (Å²) in [7, 11) is -3.30. The highest BCUT2D eigenvalue weighted by molar-refractivity contribution is 7.90. The predicted molar refractivity (Wildman–Crippen MR) is 99.9 cm³/mol. The fourth-order valence-corrected chi connectivity index (χ4v) is 4.96. The van der Waals surface area contributed by atoms with Gasteiger partial charge >= 0.3 is 0 Å². The zero-order valence-corrected chi connectivity index (χ0v) is 16.4. The first-order chi connectivity index (χ1) is 13.4. The maximum atomic E-state index is 14.5. The minimum atomic E-state index is -3.30. The van der Waals surface area contributed by atoms with Crippen LogP contribution in [-0.2, 0) is 14.8 Å². The van der Waals surface area contributed by atoms with Gasteiger partial charge in [-0.15, -0.1) is 0 Å². The van der Waals surface area contributed by atoms with Crippen LogP contribution >= 0.6 is 0 Å². The van der Waals surface area contributed by atoms with Crippen LogP contribution in [-0.4, -0.2) is 44.7 Å². The van der Waals surface area contributed by atoms with E-state index in [0.29, 0.717) is 49.5 Å². The summed E-state index contributed by atoms with van der Waals surface area (Å²) < 4.78 is 57.9. The van der Waals surface area contributed by atoms with Crippen LogP contribution in [0.1, 0.15) is 25.0 Å². The first kappa shape index (κ1) is 19.4. The number of halogens is 1. The number of nitrogens with zero attached hydrogens (tertiary/aromatic N) is 1. The quantitative estimate of drug-likeness (QED) is 0.755. The lowest BCUT2D eigenvalue weighted by molar-refractivity contribution is 0.0180. The summed E-state index contributed by atoms with van der Waals surface area (Å²) in [5.74, 6) is 0.0654. The van der Waals surface area contributed by atoms with Gasteiger partial charge in [-0.3, -0.25) is 0 Å². The van der Waals surface area contributed by atoms with Crippen molar-refractivity contribution < 1.29 is 26.8 Å². The first-order valence-corrected chi connectivity index (χ1v) is 10.9. The van der Waals surface area contributed by atoms with Crippen molar-refractivity contribution in [3.63, 3.8) is 0 Å². The van der Waals surface area contributed by atoms with Gasteiger partial charge in [0.25, 0.3) is 0 Å². The molecule has 152 valence electrons. The average molecular weight is 410 g/mol. The highest BCUT2D eigenvalue weighted by Crippen LogP contribution is 2.30.